The molecule has 0 atom stereocenters. The summed E-state index contributed by atoms with van der Waals surface area (Å²) in [6, 6.07) is 8.32. The molecule has 0 saturated carbocycles. The molecule has 12 heavy (non-hydrogen) atoms. The summed E-state index contributed by atoms with van der Waals surface area (Å²) in [5, 5.41) is 0. The van der Waals surface area contributed by atoms with Crippen molar-refractivity contribution in [2.24, 2.45) is 0 Å². The van der Waals surface area contributed by atoms with E-state index in [0.29, 0.717) is 0 Å². The first-order valence-corrected chi connectivity index (χ1v) is 4.45. The Bertz CT molecular complexity index is 239. The second kappa shape index (κ2) is 4.15. The van der Waals surface area contributed by atoms with Crippen molar-refractivity contribution < 1.29 is 0 Å². The molecule has 0 aromatic heterocycles. The average Bonchev–Trinajstić information content (AvgIpc) is 2.07. The van der Waals surface area contributed by atoms with Gasteiger partial charge in [-0.3, -0.25) is 0 Å². The molecule has 65 valence electrons. The Balaban J connectivity index is 2.85. The number of anilines is 1. The summed E-state index contributed by atoms with van der Waals surface area (Å²) in [6.07, 6.45) is 0. The van der Waals surface area contributed by atoms with E-state index in [1.807, 2.05) is 6.07 Å². The highest BCUT2D eigenvalue weighted by Gasteiger charge is 1.99. The van der Waals surface area contributed by atoms with Gasteiger partial charge in [-0.25, -0.2) is 0 Å². The molecule has 0 aliphatic heterocycles. The van der Waals surface area contributed by atoms with E-state index < -0.39 is 0 Å². The minimum Gasteiger partial charge on any atom is -0.372 e. The Morgan fingerprint density at radius 2 is 1.92 bits per heavy atom. The maximum absolute atomic E-state index is 3.91. The minimum atomic E-state index is 1.06. The zero-order chi connectivity index (χ0) is 8.97. The Morgan fingerprint density at radius 1 is 1.25 bits per heavy atom. The fourth-order valence-corrected chi connectivity index (χ4v) is 1.34. The average molecular weight is 162 g/mol. The van der Waals surface area contributed by atoms with Crippen molar-refractivity contribution in [1.82, 2.24) is 0 Å². The summed E-state index contributed by atoms with van der Waals surface area (Å²) < 4.78 is 0. The maximum atomic E-state index is 3.91. The van der Waals surface area contributed by atoms with E-state index in [4.69, 9.17) is 0 Å². The molecule has 0 saturated heterocycles. The van der Waals surface area contributed by atoms with Crippen LogP contribution in [0, 0.1) is 6.92 Å². The molecule has 1 aromatic rings. The Morgan fingerprint density at radius 3 is 2.42 bits per heavy atom. The first-order valence-electron chi connectivity index (χ1n) is 4.45. The van der Waals surface area contributed by atoms with Gasteiger partial charge >= 0.3 is 0 Å². The molecule has 0 unspecified atom stereocenters. The molecule has 0 spiro atoms. The van der Waals surface area contributed by atoms with Gasteiger partial charge in [0.25, 0.3) is 0 Å². The molecule has 1 aromatic carbocycles. The topological polar surface area (TPSA) is 3.24 Å². The summed E-state index contributed by atoms with van der Waals surface area (Å²) in [5.74, 6) is 0. The SMILES string of the molecule is [CH2]c1cccc(N(CC)CC)c1. The van der Waals surface area contributed by atoms with E-state index >= 15 is 0 Å². The lowest BCUT2D eigenvalue weighted by molar-refractivity contribution is 0.866. The lowest BCUT2D eigenvalue weighted by Gasteiger charge is -2.21. The van der Waals surface area contributed by atoms with Crippen molar-refractivity contribution >= 4 is 5.69 Å². The van der Waals surface area contributed by atoms with Crippen LogP contribution in [0.25, 0.3) is 0 Å². The van der Waals surface area contributed by atoms with E-state index in [1.165, 1.54) is 5.69 Å². The van der Waals surface area contributed by atoms with Gasteiger partial charge in [-0.15, -0.1) is 0 Å². The van der Waals surface area contributed by atoms with Crippen LogP contribution in [-0.4, -0.2) is 13.1 Å². The minimum absolute atomic E-state index is 1.06. The fraction of sp³-hybridized carbons (Fsp3) is 0.364. The molecule has 1 nitrogen and oxygen atoms in total. The molecule has 0 bridgehead atoms. The van der Waals surface area contributed by atoms with Crippen LogP contribution in [0.5, 0.6) is 0 Å². The molecular weight excluding hydrogens is 146 g/mol. The van der Waals surface area contributed by atoms with Crippen LogP contribution in [-0.2, 0) is 0 Å². The zero-order valence-corrected chi connectivity index (χ0v) is 7.88. The molecule has 0 heterocycles. The maximum Gasteiger partial charge on any atom is 0.0368 e. The number of hydrogen-bond donors (Lipinski definition) is 0. The van der Waals surface area contributed by atoms with Crippen molar-refractivity contribution in [2.75, 3.05) is 18.0 Å². The van der Waals surface area contributed by atoms with E-state index in [1.54, 1.807) is 0 Å². The van der Waals surface area contributed by atoms with E-state index in [2.05, 4.69) is 43.9 Å². The summed E-state index contributed by atoms with van der Waals surface area (Å²) in [6.45, 7) is 10.3. The van der Waals surface area contributed by atoms with Gasteiger partial charge in [0.15, 0.2) is 0 Å². The second-order valence-corrected chi connectivity index (χ2v) is 2.84. The summed E-state index contributed by atoms with van der Waals surface area (Å²) >= 11 is 0. The van der Waals surface area contributed by atoms with Crippen LogP contribution in [0.4, 0.5) is 5.69 Å². The van der Waals surface area contributed by atoms with Gasteiger partial charge in [0, 0.05) is 18.8 Å². The highest BCUT2D eigenvalue weighted by atomic mass is 15.1. The van der Waals surface area contributed by atoms with E-state index in [0.717, 1.165) is 18.7 Å². The second-order valence-electron chi connectivity index (χ2n) is 2.84. The molecule has 0 aliphatic rings. The summed E-state index contributed by atoms with van der Waals surface area (Å²) in [4.78, 5) is 2.31. The first kappa shape index (κ1) is 9.11. The molecule has 0 amide bonds. The zero-order valence-electron chi connectivity index (χ0n) is 7.88. The van der Waals surface area contributed by atoms with Gasteiger partial charge in [0.05, 0.1) is 0 Å². The van der Waals surface area contributed by atoms with Gasteiger partial charge in [-0.1, -0.05) is 12.1 Å². The van der Waals surface area contributed by atoms with Crippen LogP contribution in [0.15, 0.2) is 24.3 Å². The Hall–Kier alpha value is -0.980. The van der Waals surface area contributed by atoms with Gasteiger partial charge < -0.3 is 4.90 Å². The summed E-state index contributed by atoms with van der Waals surface area (Å²) in [5.41, 5.74) is 2.35. The van der Waals surface area contributed by atoms with Crippen LogP contribution in [0.1, 0.15) is 19.4 Å². The highest BCUT2D eigenvalue weighted by molar-refractivity contribution is 5.48. The van der Waals surface area contributed by atoms with Gasteiger partial charge in [0.1, 0.15) is 0 Å². The number of hydrogen-bond acceptors (Lipinski definition) is 1. The highest BCUT2D eigenvalue weighted by Crippen LogP contribution is 2.14. The third-order valence-corrected chi connectivity index (χ3v) is 2.04. The van der Waals surface area contributed by atoms with Crippen LogP contribution < -0.4 is 4.90 Å². The van der Waals surface area contributed by atoms with Crippen molar-refractivity contribution in [1.29, 1.82) is 0 Å². The molecule has 0 N–H and O–H groups in total. The predicted molar refractivity (Wildman–Crippen MR) is 54.5 cm³/mol. The number of rotatable bonds is 3. The number of benzene rings is 1. The van der Waals surface area contributed by atoms with Gasteiger partial charge in [0.2, 0.25) is 0 Å². The van der Waals surface area contributed by atoms with Crippen molar-refractivity contribution in [3.8, 4) is 0 Å². The van der Waals surface area contributed by atoms with Crippen molar-refractivity contribution in [3.63, 3.8) is 0 Å². The lowest BCUT2D eigenvalue weighted by Crippen LogP contribution is -2.21. The third-order valence-electron chi connectivity index (χ3n) is 2.04. The molecule has 1 heteroatoms. The lowest BCUT2D eigenvalue weighted by atomic mass is 10.2. The monoisotopic (exact) mass is 162 g/mol. The Kier molecular flexibility index (Phi) is 3.15. The normalized spacial score (nSPS) is 9.92. The number of nitrogens with zero attached hydrogens (tertiary/aromatic N) is 1. The molecule has 1 rings (SSSR count). The third kappa shape index (κ3) is 2.00. The Labute approximate surface area is 75.0 Å². The van der Waals surface area contributed by atoms with Crippen molar-refractivity contribution in [3.05, 3.63) is 36.8 Å². The van der Waals surface area contributed by atoms with E-state index in [-0.39, 0.29) is 0 Å². The molecular formula is C11H16N. The van der Waals surface area contributed by atoms with E-state index in [9.17, 15) is 0 Å². The first-order chi connectivity index (χ1) is 5.77. The van der Waals surface area contributed by atoms with Gasteiger partial charge in [-0.2, -0.15) is 0 Å². The van der Waals surface area contributed by atoms with Crippen LogP contribution in [0.3, 0.4) is 0 Å². The fourth-order valence-electron chi connectivity index (χ4n) is 1.34. The van der Waals surface area contributed by atoms with Gasteiger partial charge in [-0.05, 0) is 38.5 Å². The largest absolute Gasteiger partial charge is 0.372 e. The smallest absolute Gasteiger partial charge is 0.0368 e. The standard InChI is InChI=1S/C11H16N/c1-4-12(5-2)11-8-6-7-10(3)9-11/h6-9H,3-5H2,1-2H3. The molecule has 0 aliphatic carbocycles. The van der Waals surface area contributed by atoms with Crippen molar-refractivity contribution in [2.45, 2.75) is 13.8 Å². The molecule has 0 fully saturated rings. The molecule has 1 radical (unpaired) electrons. The predicted octanol–water partition coefficient (Wildman–Crippen LogP) is 2.71. The van der Waals surface area contributed by atoms with Crippen LogP contribution in [0.2, 0.25) is 0 Å². The quantitative estimate of drug-likeness (QED) is 0.660. The summed E-state index contributed by atoms with van der Waals surface area (Å²) in [7, 11) is 0. The van der Waals surface area contributed by atoms with Crippen LogP contribution >= 0.6 is 0 Å².